The van der Waals surface area contributed by atoms with Crippen molar-refractivity contribution in [1.29, 1.82) is 0 Å². The summed E-state index contributed by atoms with van der Waals surface area (Å²) in [5.41, 5.74) is 3.83. The minimum Gasteiger partial charge on any atom is -0.489 e. The van der Waals surface area contributed by atoms with Crippen LogP contribution in [-0.2, 0) is 9.59 Å². The third kappa shape index (κ3) is 4.21. The van der Waals surface area contributed by atoms with E-state index in [0.29, 0.717) is 21.9 Å². The normalized spacial score (nSPS) is 14.0. The van der Waals surface area contributed by atoms with Gasteiger partial charge >= 0.3 is 0 Å². The van der Waals surface area contributed by atoms with Gasteiger partial charge in [-0.3, -0.25) is 9.59 Å². The van der Waals surface area contributed by atoms with Gasteiger partial charge in [0.05, 0.1) is 22.3 Å². The summed E-state index contributed by atoms with van der Waals surface area (Å²) in [6.45, 7) is 7.87. The maximum Gasteiger partial charge on any atom is 0.273 e. The molecule has 4 rings (SSSR count). The van der Waals surface area contributed by atoms with Crippen LogP contribution in [0.25, 0.3) is 5.57 Å². The lowest BCUT2D eigenvalue weighted by Gasteiger charge is -2.20. The van der Waals surface area contributed by atoms with E-state index >= 15 is 0 Å². The van der Waals surface area contributed by atoms with Crippen molar-refractivity contribution in [2.75, 3.05) is 4.90 Å². The molecule has 32 heavy (non-hydrogen) atoms. The number of hydrogen-bond donors (Lipinski definition) is 0. The first kappa shape index (κ1) is 21.9. The van der Waals surface area contributed by atoms with E-state index in [2.05, 4.69) is 0 Å². The van der Waals surface area contributed by atoms with Crippen LogP contribution in [-0.4, -0.2) is 17.9 Å². The van der Waals surface area contributed by atoms with Crippen molar-refractivity contribution in [3.05, 3.63) is 94.4 Å². The van der Waals surface area contributed by atoms with Gasteiger partial charge in [0.2, 0.25) is 0 Å². The smallest absolute Gasteiger partial charge is 0.273 e. The number of carbonyl (C=O) groups excluding carboxylic acids is 2. The van der Waals surface area contributed by atoms with Gasteiger partial charge in [-0.1, -0.05) is 60.3 Å². The molecule has 1 aliphatic heterocycles. The zero-order valence-corrected chi connectivity index (χ0v) is 19.4. The van der Waals surface area contributed by atoms with Crippen LogP contribution in [0.2, 0.25) is 0 Å². The number of carbonyl (C=O) groups is 2. The highest BCUT2D eigenvalue weighted by Gasteiger charge is 2.41. The molecular formula is C27H25NO3S. The van der Waals surface area contributed by atoms with Gasteiger partial charge in [-0.15, -0.1) is 0 Å². The molecule has 0 saturated carbocycles. The van der Waals surface area contributed by atoms with Crippen LogP contribution >= 0.6 is 11.8 Å². The molecule has 0 atom stereocenters. The molecule has 1 heterocycles. The van der Waals surface area contributed by atoms with Crippen molar-refractivity contribution < 1.29 is 14.3 Å². The van der Waals surface area contributed by atoms with E-state index in [9.17, 15) is 9.59 Å². The molecule has 162 valence electrons. The monoisotopic (exact) mass is 443 g/mol. The minimum absolute atomic E-state index is 0.0886. The zero-order chi connectivity index (χ0) is 22.8. The summed E-state index contributed by atoms with van der Waals surface area (Å²) >= 11 is 1.32. The van der Waals surface area contributed by atoms with Gasteiger partial charge < -0.3 is 4.74 Å². The van der Waals surface area contributed by atoms with Crippen molar-refractivity contribution in [2.45, 2.75) is 38.7 Å². The number of hydrogen-bond acceptors (Lipinski definition) is 4. The first-order valence-corrected chi connectivity index (χ1v) is 11.4. The van der Waals surface area contributed by atoms with Gasteiger partial charge in [0.15, 0.2) is 0 Å². The number of rotatable bonds is 6. The number of ether oxygens (including phenoxy) is 1. The Balaban J connectivity index is 1.84. The van der Waals surface area contributed by atoms with Gasteiger partial charge in [-0.25, -0.2) is 4.90 Å². The van der Waals surface area contributed by atoms with E-state index in [4.69, 9.17) is 4.74 Å². The molecule has 0 aliphatic carbocycles. The Hall–Kier alpha value is -3.31. The molecule has 1 aliphatic rings. The van der Waals surface area contributed by atoms with Crippen molar-refractivity contribution in [3.63, 3.8) is 0 Å². The van der Waals surface area contributed by atoms with Crippen LogP contribution in [0.3, 0.4) is 0 Å². The largest absolute Gasteiger partial charge is 0.489 e. The quantitative estimate of drug-likeness (QED) is 0.428. The van der Waals surface area contributed by atoms with E-state index in [1.807, 2.05) is 82.3 Å². The second-order valence-corrected chi connectivity index (χ2v) is 9.08. The maximum atomic E-state index is 13.7. The minimum atomic E-state index is -0.337. The molecule has 3 aromatic carbocycles. The first-order valence-electron chi connectivity index (χ1n) is 10.6. The Morgan fingerprint density at radius 2 is 1.50 bits per heavy atom. The summed E-state index contributed by atoms with van der Waals surface area (Å²) in [7, 11) is 0. The van der Waals surface area contributed by atoms with Crippen molar-refractivity contribution in [1.82, 2.24) is 0 Å². The zero-order valence-electron chi connectivity index (χ0n) is 18.6. The molecule has 0 fully saturated rings. The summed E-state index contributed by atoms with van der Waals surface area (Å²) in [6.07, 6.45) is -0.0886. The second-order valence-electron chi connectivity index (χ2n) is 8.00. The Labute approximate surface area is 192 Å². The summed E-state index contributed by atoms with van der Waals surface area (Å²) in [4.78, 5) is 30.0. The molecule has 4 nitrogen and oxygen atoms in total. The molecule has 0 radical (unpaired) electrons. The van der Waals surface area contributed by atoms with Gasteiger partial charge in [-0.2, -0.15) is 0 Å². The van der Waals surface area contributed by atoms with Crippen molar-refractivity contribution >= 4 is 34.8 Å². The Bertz CT molecular complexity index is 1210. The fourth-order valence-electron chi connectivity index (χ4n) is 3.58. The van der Waals surface area contributed by atoms with Crippen LogP contribution in [0, 0.1) is 13.8 Å². The molecular weight excluding hydrogens is 418 g/mol. The third-order valence-corrected chi connectivity index (χ3v) is 6.36. The summed E-state index contributed by atoms with van der Waals surface area (Å²) in [5.74, 6) is -0.164. The van der Waals surface area contributed by atoms with E-state index in [-0.39, 0.29) is 17.9 Å². The fraction of sp³-hybridized carbons (Fsp3) is 0.185. The lowest BCUT2D eigenvalue weighted by atomic mass is 10.0. The fourth-order valence-corrected chi connectivity index (χ4v) is 4.59. The Kier molecular flexibility index (Phi) is 6.19. The van der Waals surface area contributed by atoms with Crippen LogP contribution in [0.5, 0.6) is 5.75 Å². The number of benzene rings is 3. The van der Waals surface area contributed by atoms with Crippen LogP contribution in [0.4, 0.5) is 5.69 Å². The number of thioether (sulfide) groups is 1. The summed E-state index contributed by atoms with van der Waals surface area (Å²) in [6, 6.07) is 22.7. The predicted octanol–water partition coefficient (Wildman–Crippen LogP) is 6.17. The number of aryl methyl sites for hydroxylation is 2. The predicted molar refractivity (Wildman–Crippen MR) is 130 cm³/mol. The van der Waals surface area contributed by atoms with Crippen molar-refractivity contribution in [3.8, 4) is 5.75 Å². The van der Waals surface area contributed by atoms with Gasteiger partial charge in [0, 0.05) is 4.90 Å². The number of para-hydroxylation sites is 2. The Morgan fingerprint density at radius 3 is 2.19 bits per heavy atom. The Morgan fingerprint density at radius 1 is 0.812 bits per heavy atom. The molecule has 0 bridgehead atoms. The van der Waals surface area contributed by atoms with E-state index in [1.54, 1.807) is 18.2 Å². The van der Waals surface area contributed by atoms with Gasteiger partial charge in [0.1, 0.15) is 5.75 Å². The number of imide groups is 1. The first-order chi connectivity index (χ1) is 15.4. The van der Waals surface area contributed by atoms with Crippen molar-refractivity contribution in [2.24, 2.45) is 0 Å². The molecule has 0 saturated heterocycles. The molecule has 2 amide bonds. The summed E-state index contributed by atoms with van der Waals surface area (Å²) < 4.78 is 5.91. The number of nitrogens with zero attached hydrogens (tertiary/aromatic N) is 1. The summed E-state index contributed by atoms with van der Waals surface area (Å²) in [5, 5.41) is 0. The molecule has 0 spiro atoms. The van der Waals surface area contributed by atoms with Crippen LogP contribution < -0.4 is 9.64 Å². The molecule has 0 N–H and O–H groups in total. The number of amides is 2. The number of anilines is 1. The van der Waals surface area contributed by atoms with Gasteiger partial charge in [-0.05, 0) is 68.7 Å². The highest BCUT2D eigenvalue weighted by molar-refractivity contribution is 8.04. The average molecular weight is 444 g/mol. The molecule has 3 aromatic rings. The molecule has 0 aromatic heterocycles. The van der Waals surface area contributed by atoms with Crippen LogP contribution in [0.1, 0.15) is 30.5 Å². The van der Waals surface area contributed by atoms with E-state index in [1.165, 1.54) is 16.7 Å². The topological polar surface area (TPSA) is 46.6 Å². The highest BCUT2D eigenvalue weighted by Crippen LogP contribution is 2.43. The second kappa shape index (κ2) is 9.05. The third-order valence-electron chi connectivity index (χ3n) is 5.27. The standard InChI is InChI=1S/C27H25NO3S/c1-17(2)31-23-13-9-8-12-22(23)28-26(29)24(20-15-14-18(3)19(4)16-20)25(27(28)30)32-21-10-6-5-7-11-21/h5-17H,1-4H3. The highest BCUT2D eigenvalue weighted by atomic mass is 32.2. The lowest BCUT2D eigenvalue weighted by Crippen LogP contribution is -2.32. The average Bonchev–Trinajstić information content (AvgIpc) is 3.00. The molecule has 5 heteroatoms. The van der Waals surface area contributed by atoms with Crippen LogP contribution in [0.15, 0.2) is 82.6 Å². The molecule has 0 unspecified atom stereocenters. The lowest BCUT2D eigenvalue weighted by molar-refractivity contribution is -0.119. The van der Waals surface area contributed by atoms with E-state index < -0.39 is 0 Å². The van der Waals surface area contributed by atoms with Gasteiger partial charge in [0.25, 0.3) is 11.8 Å². The maximum absolute atomic E-state index is 13.7. The SMILES string of the molecule is Cc1ccc(C2=C(Sc3ccccc3)C(=O)N(c3ccccc3OC(C)C)C2=O)cc1C. The van der Waals surface area contributed by atoms with E-state index in [0.717, 1.165) is 21.6 Å².